The number of rotatable bonds is 0. The van der Waals surface area contributed by atoms with Crippen molar-refractivity contribution in [3.8, 4) is 0 Å². The van der Waals surface area contributed by atoms with E-state index >= 15 is 0 Å². The molecule has 1 saturated carbocycles. The van der Waals surface area contributed by atoms with Crippen LogP contribution >= 0.6 is 0 Å². The summed E-state index contributed by atoms with van der Waals surface area (Å²) >= 11 is 0. The van der Waals surface area contributed by atoms with Gasteiger partial charge in [-0.1, -0.05) is 0 Å². The molecule has 1 aliphatic carbocycles. The smallest absolute Gasteiger partial charge is 0.0626 e. The summed E-state index contributed by atoms with van der Waals surface area (Å²) < 4.78 is 0. The molecule has 2 N–H and O–H groups in total. The summed E-state index contributed by atoms with van der Waals surface area (Å²) in [7, 11) is 0. The average Bonchev–Trinajstić information content (AvgIpc) is 2.20. The van der Waals surface area contributed by atoms with E-state index in [0.29, 0.717) is 0 Å². The lowest BCUT2D eigenvalue weighted by molar-refractivity contribution is 0.0594. The summed E-state index contributed by atoms with van der Waals surface area (Å²) in [5.74, 6) is 1.52. The van der Waals surface area contributed by atoms with Crippen LogP contribution in [0.15, 0.2) is 0 Å². The minimum absolute atomic E-state index is 0.350. The van der Waals surface area contributed by atoms with Crippen LogP contribution in [0.1, 0.15) is 19.8 Å². The van der Waals surface area contributed by atoms with Gasteiger partial charge in [-0.25, -0.2) is 0 Å². The van der Waals surface area contributed by atoms with Crippen LogP contribution in [0.2, 0.25) is 0 Å². The van der Waals surface area contributed by atoms with E-state index in [1.807, 2.05) is 6.92 Å². The Morgan fingerprint density at radius 2 is 1.80 bits per heavy atom. The lowest BCUT2D eigenvalue weighted by Gasteiger charge is -2.16. The second-order valence-corrected chi connectivity index (χ2v) is 4.08. The molecule has 3 atom stereocenters. The Hall–Kier alpha value is -0.0800. The molecule has 0 amide bonds. The highest BCUT2D eigenvalue weighted by atomic mass is 16.3. The maximum Gasteiger partial charge on any atom is 0.0626 e. The van der Waals surface area contributed by atoms with E-state index in [2.05, 4.69) is 5.32 Å². The van der Waals surface area contributed by atoms with E-state index in [9.17, 15) is 5.11 Å². The van der Waals surface area contributed by atoms with Crippen molar-refractivity contribution in [3.63, 3.8) is 0 Å². The first kappa shape index (κ1) is 6.62. The molecule has 1 saturated heterocycles. The van der Waals surface area contributed by atoms with Crippen molar-refractivity contribution < 1.29 is 5.11 Å². The molecule has 58 valence electrons. The van der Waals surface area contributed by atoms with E-state index in [-0.39, 0.29) is 5.60 Å². The molecule has 0 aromatic rings. The van der Waals surface area contributed by atoms with Gasteiger partial charge in [0.25, 0.3) is 0 Å². The molecular weight excluding hydrogens is 126 g/mol. The fourth-order valence-electron chi connectivity index (χ4n) is 2.48. The largest absolute Gasteiger partial charge is 0.390 e. The number of hydrogen-bond acceptors (Lipinski definition) is 2. The van der Waals surface area contributed by atoms with Gasteiger partial charge in [0.2, 0.25) is 0 Å². The molecule has 0 aromatic carbocycles. The molecule has 2 aliphatic rings. The zero-order chi connectivity index (χ0) is 7.19. The third-order valence-corrected chi connectivity index (χ3v) is 2.88. The Kier molecular flexibility index (Phi) is 1.29. The SMILES string of the molecule is C[C@]1(O)C[C@H]2CNC[C@H]2C1. The van der Waals surface area contributed by atoms with Gasteiger partial charge in [0.1, 0.15) is 0 Å². The first-order valence-corrected chi connectivity index (χ1v) is 4.10. The van der Waals surface area contributed by atoms with E-state index in [4.69, 9.17) is 0 Å². The van der Waals surface area contributed by atoms with Gasteiger partial charge >= 0.3 is 0 Å². The maximum atomic E-state index is 9.67. The normalized spacial score (nSPS) is 53.4. The zero-order valence-electron chi connectivity index (χ0n) is 6.43. The van der Waals surface area contributed by atoms with Gasteiger partial charge in [-0.05, 0) is 44.7 Å². The van der Waals surface area contributed by atoms with Crippen LogP contribution in [-0.2, 0) is 0 Å². The molecule has 0 unspecified atom stereocenters. The topological polar surface area (TPSA) is 32.3 Å². The van der Waals surface area contributed by atoms with Crippen molar-refractivity contribution in [2.24, 2.45) is 11.8 Å². The van der Waals surface area contributed by atoms with Gasteiger partial charge in [-0.2, -0.15) is 0 Å². The predicted octanol–water partition coefficient (Wildman–Crippen LogP) is 0.367. The van der Waals surface area contributed by atoms with Gasteiger partial charge < -0.3 is 10.4 Å². The quantitative estimate of drug-likeness (QED) is 0.510. The van der Waals surface area contributed by atoms with Crippen LogP contribution in [-0.4, -0.2) is 23.8 Å². The third-order valence-electron chi connectivity index (χ3n) is 2.88. The van der Waals surface area contributed by atoms with Crippen LogP contribution in [0.3, 0.4) is 0 Å². The van der Waals surface area contributed by atoms with E-state index in [1.165, 1.54) is 0 Å². The maximum absolute atomic E-state index is 9.67. The Morgan fingerprint density at radius 3 is 2.30 bits per heavy atom. The monoisotopic (exact) mass is 141 g/mol. The average molecular weight is 141 g/mol. The van der Waals surface area contributed by atoms with E-state index in [1.54, 1.807) is 0 Å². The highest BCUT2D eigenvalue weighted by molar-refractivity contribution is 4.96. The molecular formula is C8H15NO. The highest BCUT2D eigenvalue weighted by Crippen LogP contribution is 2.40. The number of aliphatic hydroxyl groups is 1. The van der Waals surface area contributed by atoms with Crippen molar-refractivity contribution in [1.82, 2.24) is 5.32 Å². The molecule has 10 heavy (non-hydrogen) atoms. The highest BCUT2D eigenvalue weighted by Gasteiger charge is 2.42. The zero-order valence-corrected chi connectivity index (χ0v) is 6.43. The molecule has 2 nitrogen and oxygen atoms in total. The van der Waals surface area contributed by atoms with Crippen molar-refractivity contribution >= 4 is 0 Å². The van der Waals surface area contributed by atoms with Crippen LogP contribution in [0.5, 0.6) is 0 Å². The molecule has 1 aliphatic heterocycles. The third kappa shape index (κ3) is 0.956. The Morgan fingerprint density at radius 1 is 1.30 bits per heavy atom. The van der Waals surface area contributed by atoms with Crippen molar-refractivity contribution in [1.29, 1.82) is 0 Å². The van der Waals surface area contributed by atoms with Gasteiger partial charge in [-0.15, -0.1) is 0 Å². The summed E-state index contributed by atoms with van der Waals surface area (Å²) in [4.78, 5) is 0. The van der Waals surface area contributed by atoms with Crippen LogP contribution in [0.25, 0.3) is 0 Å². The summed E-state index contributed by atoms with van der Waals surface area (Å²) in [6.45, 7) is 4.22. The number of hydrogen-bond donors (Lipinski definition) is 2. The van der Waals surface area contributed by atoms with Crippen molar-refractivity contribution in [2.45, 2.75) is 25.4 Å². The molecule has 0 aromatic heterocycles. The minimum atomic E-state index is -0.350. The molecule has 0 bridgehead atoms. The standard InChI is InChI=1S/C8H15NO/c1-8(10)2-6-4-9-5-7(6)3-8/h6-7,9-10H,2-5H2,1H3/t6-,7+,8-. The molecule has 0 spiro atoms. The molecule has 2 heteroatoms. The van der Waals surface area contributed by atoms with Crippen LogP contribution < -0.4 is 5.32 Å². The lowest BCUT2D eigenvalue weighted by atomic mass is 10.0. The van der Waals surface area contributed by atoms with Gasteiger partial charge in [0.15, 0.2) is 0 Å². The number of nitrogens with one attached hydrogen (secondary N) is 1. The minimum Gasteiger partial charge on any atom is -0.390 e. The second kappa shape index (κ2) is 1.95. The molecule has 2 fully saturated rings. The van der Waals surface area contributed by atoms with Crippen molar-refractivity contribution in [3.05, 3.63) is 0 Å². The van der Waals surface area contributed by atoms with Crippen molar-refractivity contribution in [2.75, 3.05) is 13.1 Å². The first-order valence-electron chi connectivity index (χ1n) is 4.10. The summed E-state index contributed by atoms with van der Waals surface area (Å²) in [5, 5.41) is 13.0. The number of fused-ring (bicyclic) bond motifs is 1. The van der Waals surface area contributed by atoms with Gasteiger partial charge in [-0.3, -0.25) is 0 Å². The van der Waals surface area contributed by atoms with Crippen LogP contribution in [0.4, 0.5) is 0 Å². The first-order chi connectivity index (χ1) is 4.67. The molecule has 1 heterocycles. The Bertz CT molecular complexity index is 130. The second-order valence-electron chi connectivity index (χ2n) is 4.08. The molecule has 2 rings (SSSR count). The predicted molar refractivity (Wildman–Crippen MR) is 39.7 cm³/mol. The van der Waals surface area contributed by atoms with Gasteiger partial charge in [0, 0.05) is 0 Å². The molecule has 0 radical (unpaired) electrons. The fourth-order valence-corrected chi connectivity index (χ4v) is 2.48. The Labute approximate surface area is 61.6 Å². The lowest BCUT2D eigenvalue weighted by Crippen LogP contribution is -2.23. The van der Waals surface area contributed by atoms with E-state index in [0.717, 1.165) is 37.8 Å². The van der Waals surface area contributed by atoms with E-state index < -0.39 is 0 Å². The summed E-state index contributed by atoms with van der Waals surface area (Å²) in [6, 6.07) is 0. The van der Waals surface area contributed by atoms with Crippen LogP contribution in [0, 0.1) is 11.8 Å². The summed E-state index contributed by atoms with van der Waals surface area (Å²) in [6.07, 6.45) is 2.01. The Balaban J connectivity index is 2.07. The van der Waals surface area contributed by atoms with Gasteiger partial charge in [0.05, 0.1) is 5.60 Å². The fraction of sp³-hybridized carbons (Fsp3) is 1.00. The summed E-state index contributed by atoms with van der Waals surface area (Å²) in [5.41, 5.74) is -0.350.